The maximum absolute atomic E-state index is 9.83. The normalized spacial score (nSPS) is 13.1. The molecule has 1 atom stereocenters. The Morgan fingerprint density at radius 1 is 1.30 bits per heavy atom. The van der Waals surface area contributed by atoms with Gasteiger partial charge in [-0.25, -0.2) is 0 Å². The number of aliphatic hydroxyl groups is 2. The van der Waals surface area contributed by atoms with Crippen LogP contribution in [0.25, 0.3) is 0 Å². The van der Waals surface area contributed by atoms with Gasteiger partial charge in [0.25, 0.3) is 0 Å². The summed E-state index contributed by atoms with van der Waals surface area (Å²) in [7, 11) is 1.60. The number of hydrogen-bond donors (Lipinski definition) is 3. The van der Waals surface area contributed by atoms with Gasteiger partial charge in [0.2, 0.25) is 0 Å². The van der Waals surface area contributed by atoms with Crippen LogP contribution in [0.1, 0.15) is 13.8 Å². The zero-order valence-corrected chi connectivity index (χ0v) is 12.4. The van der Waals surface area contributed by atoms with Crippen LogP contribution in [0.2, 0.25) is 0 Å². The molecule has 0 aliphatic heterocycles. The molecule has 1 rings (SSSR count). The number of nitrogens with one attached hydrogen (secondary N) is 1. The van der Waals surface area contributed by atoms with E-state index in [1.807, 2.05) is 32.0 Å². The van der Waals surface area contributed by atoms with Crippen molar-refractivity contribution in [1.82, 2.24) is 5.32 Å². The molecule has 1 unspecified atom stereocenters. The summed E-state index contributed by atoms with van der Waals surface area (Å²) in [6.45, 7) is 5.29. The molecule has 5 nitrogen and oxygen atoms in total. The molecule has 0 spiro atoms. The van der Waals surface area contributed by atoms with Crippen LogP contribution < -0.4 is 14.8 Å². The maximum atomic E-state index is 9.83. The fourth-order valence-electron chi connectivity index (χ4n) is 1.58. The van der Waals surface area contributed by atoms with Gasteiger partial charge in [0.05, 0.1) is 7.11 Å². The topological polar surface area (TPSA) is 71.0 Å². The molecule has 0 aliphatic carbocycles. The second-order valence-corrected chi connectivity index (χ2v) is 5.60. The molecule has 1 aromatic rings. The second-order valence-electron chi connectivity index (χ2n) is 5.60. The molecule has 3 N–H and O–H groups in total. The van der Waals surface area contributed by atoms with Crippen LogP contribution >= 0.6 is 0 Å². The van der Waals surface area contributed by atoms with Crippen LogP contribution in [0.15, 0.2) is 24.3 Å². The molecule has 5 heteroatoms. The zero-order chi connectivity index (χ0) is 15.0. The van der Waals surface area contributed by atoms with Crippen LogP contribution in [0, 0.1) is 5.41 Å². The van der Waals surface area contributed by atoms with Crippen LogP contribution in [0.3, 0.4) is 0 Å². The van der Waals surface area contributed by atoms with Gasteiger partial charge < -0.3 is 25.0 Å². The third kappa shape index (κ3) is 6.23. The van der Waals surface area contributed by atoms with E-state index in [1.54, 1.807) is 13.2 Å². The van der Waals surface area contributed by atoms with Crippen molar-refractivity contribution in [3.05, 3.63) is 24.3 Å². The molecule has 0 saturated heterocycles. The number of hydrogen-bond acceptors (Lipinski definition) is 5. The molecule has 0 aromatic heterocycles. The molecule has 0 aliphatic rings. The average Bonchev–Trinajstić information content (AvgIpc) is 2.45. The van der Waals surface area contributed by atoms with E-state index in [0.29, 0.717) is 18.8 Å². The van der Waals surface area contributed by atoms with Gasteiger partial charge in [-0.1, -0.05) is 19.9 Å². The van der Waals surface area contributed by atoms with E-state index in [1.165, 1.54) is 0 Å². The van der Waals surface area contributed by atoms with E-state index in [2.05, 4.69) is 5.32 Å². The molecule has 0 radical (unpaired) electrons. The summed E-state index contributed by atoms with van der Waals surface area (Å²) in [4.78, 5) is 0. The number of methoxy groups -OCH3 is 1. The Balaban J connectivity index is 2.27. The number of benzene rings is 1. The first-order chi connectivity index (χ1) is 9.46. The standard InChI is InChI=1S/C15H25NO4/c1-15(2,11-17)10-16-8-12(18)9-20-14-6-4-5-13(7-14)19-3/h4-7,12,16-18H,8-11H2,1-3H3. The molecular formula is C15H25NO4. The van der Waals surface area contributed by atoms with Crippen LogP contribution in [-0.2, 0) is 0 Å². The molecule has 114 valence electrons. The van der Waals surface area contributed by atoms with Crippen molar-refractivity contribution in [2.24, 2.45) is 5.41 Å². The van der Waals surface area contributed by atoms with E-state index >= 15 is 0 Å². The fourth-order valence-corrected chi connectivity index (χ4v) is 1.58. The molecule has 0 heterocycles. The minimum Gasteiger partial charge on any atom is -0.497 e. The second kappa shape index (κ2) is 8.09. The third-order valence-corrected chi connectivity index (χ3v) is 2.90. The number of rotatable bonds is 9. The lowest BCUT2D eigenvalue weighted by atomic mass is 9.95. The van der Waals surface area contributed by atoms with Crippen molar-refractivity contribution < 1.29 is 19.7 Å². The first-order valence-corrected chi connectivity index (χ1v) is 6.73. The summed E-state index contributed by atoms with van der Waals surface area (Å²) in [5.74, 6) is 1.39. The van der Waals surface area contributed by atoms with Gasteiger partial charge in [0.15, 0.2) is 0 Å². The predicted molar refractivity (Wildman–Crippen MR) is 78.2 cm³/mol. The highest BCUT2D eigenvalue weighted by Gasteiger charge is 2.16. The quantitative estimate of drug-likeness (QED) is 0.632. The van der Waals surface area contributed by atoms with Gasteiger partial charge in [0.1, 0.15) is 24.2 Å². The molecule has 0 fully saturated rings. The van der Waals surface area contributed by atoms with Gasteiger partial charge in [-0.3, -0.25) is 0 Å². The minimum absolute atomic E-state index is 0.108. The summed E-state index contributed by atoms with van der Waals surface area (Å²) < 4.78 is 10.6. The molecule has 0 saturated carbocycles. The zero-order valence-electron chi connectivity index (χ0n) is 12.4. The lowest BCUT2D eigenvalue weighted by Crippen LogP contribution is -2.38. The van der Waals surface area contributed by atoms with E-state index in [0.717, 1.165) is 5.75 Å². The third-order valence-electron chi connectivity index (χ3n) is 2.90. The van der Waals surface area contributed by atoms with Gasteiger partial charge in [-0.05, 0) is 12.1 Å². The van der Waals surface area contributed by atoms with Crippen LogP contribution in [0.4, 0.5) is 0 Å². The highest BCUT2D eigenvalue weighted by atomic mass is 16.5. The predicted octanol–water partition coefficient (Wildman–Crippen LogP) is 1.04. The van der Waals surface area contributed by atoms with Crippen molar-refractivity contribution in [1.29, 1.82) is 0 Å². The SMILES string of the molecule is COc1cccc(OCC(O)CNCC(C)(C)CO)c1. The molecule has 1 aromatic carbocycles. The Kier molecular flexibility index (Phi) is 6.78. The van der Waals surface area contributed by atoms with Gasteiger partial charge in [0, 0.05) is 31.2 Å². The fraction of sp³-hybridized carbons (Fsp3) is 0.600. The molecule has 20 heavy (non-hydrogen) atoms. The molecule has 0 bridgehead atoms. The Morgan fingerprint density at radius 3 is 2.65 bits per heavy atom. The summed E-state index contributed by atoms with van der Waals surface area (Å²) in [5, 5.41) is 22.1. The monoisotopic (exact) mass is 283 g/mol. The van der Waals surface area contributed by atoms with Gasteiger partial charge in [-0.2, -0.15) is 0 Å². The Bertz CT molecular complexity index is 395. The van der Waals surface area contributed by atoms with Crippen molar-refractivity contribution in [2.75, 3.05) is 33.4 Å². The van der Waals surface area contributed by atoms with Crippen LogP contribution in [-0.4, -0.2) is 49.7 Å². The lowest BCUT2D eigenvalue weighted by molar-refractivity contribution is 0.0979. The summed E-state index contributed by atoms with van der Waals surface area (Å²) in [6, 6.07) is 7.26. The largest absolute Gasteiger partial charge is 0.497 e. The van der Waals surface area contributed by atoms with Crippen molar-refractivity contribution in [2.45, 2.75) is 20.0 Å². The Hall–Kier alpha value is -1.30. The highest BCUT2D eigenvalue weighted by molar-refractivity contribution is 5.32. The van der Waals surface area contributed by atoms with E-state index in [4.69, 9.17) is 14.6 Å². The van der Waals surface area contributed by atoms with Crippen molar-refractivity contribution >= 4 is 0 Å². The highest BCUT2D eigenvalue weighted by Crippen LogP contribution is 2.18. The number of aliphatic hydroxyl groups excluding tert-OH is 2. The summed E-state index contributed by atoms with van der Waals surface area (Å²) in [5.41, 5.74) is -0.187. The maximum Gasteiger partial charge on any atom is 0.123 e. The molecular weight excluding hydrogens is 258 g/mol. The van der Waals surface area contributed by atoms with Gasteiger partial charge >= 0.3 is 0 Å². The van der Waals surface area contributed by atoms with E-state index < -0.39 is 6.10 Å². The first-order valence-electron chi connectivity index (χ1n) is 6.73. The Morgan fingerprint density at radius 2 is 2.00 bits per heavy atom. The smallest absolute Gasteiger partial charge is 0.123 e. The van der Waals surface area contributed by atoms with Crippen molar-refractivity contribution in [3.63, 3.8) is 0 Å². The molecule has 0 amide bonds. The minimum atomic E-state index is -0.601. The average molecular weight is 283 g/mol. The number of ether oxygens (including phenoxy) is 2. The van der Waals surface area contributed by atoms with Crippen molar-refractivity contribution in [3.8, 4) is 11.5 Å². The Labute approximate surface area is 120 Å². The summed E-state index contributed by atoms with van der Waals surface area (Å²) >= 11 is 0. The van der Waals surface area contributed by atoms with Gasteiger partial charge in [-0.15, -0.1) is 0 Å². The van der Waals surface area contributed by atoms with E-state index in [-0.39, 0.29) is 18.6 Å². The van der Waals surface area contributed by atoms with E-state index in [9.17, 15) is 5.11 Å². The lowest BCUT2D eigenvalue weighted by Gasteiger charge is -2.23. The first kappa shape index (κ1) is 16.8. The summed E-state index contributed by atoms with van der Waals surface area (Å²) in [6.07, 6.45) is -0.601. The van der Waals surface area contributed by atoms with Crippen LogP contribution in [0.5, 0.6) is 11.5 Å².